The molecule has 0 saturated carbocycles. The van der Waals surface area contributed by atoms with Gasteiger partial charge in [0, 0.05) is 16.8 Å². The fourth-order valence-electron chi connectivity index (χ4n) is 2.61. The SMILES string of the molecule is Cc1sc(N(Cc2ncccc2O)c2ccc(C#N)cc2)nc1C(=O)NS(C)(=O)=O. The van der Waals surface area contributed by atoms with E-state index in [1.165, 1.54) is 17.4 Å². The number of nitrogens with one attached hydrogen (secondary N) is 1. The van der Waals surface area contributed by atoms with E-state index in [-0.39, 0.29) is 18.0 Å². The first-order valence-electron chi connectivity index (χ1n) is 8.58. The Morgan fingerprint density at radius 3 is 2.60 bits per heavy atom. The van der Waals surface area contributed by atoms with Crippen LogP contribution < -0.4 is 9.62 Å². The summed E-state index contributed by atoms with van der Waals surface area (Å²) in [4.78, 5) is 23.1. The highest BCUT2D eigenvalue weighted by molar-refractivity contribution is 7.89. The molecule has 1 aromatic carbocycles. The summed E-state index contributed by atoms with van der Waals surface area (Å²) in [6, 6.07) is 11.9. The number of carbonyl (C=O) groups is 1. The Balaban J connectivity index is 2.04. The molecular weight excluding hydrogens is 426 g/mol. The standard InChI is InChI=1S/C19H17N5O4S2/c1-12-17(18(26)23-30(2,27)28)22-19(29-12)24(11-15-16(25)4-3-9-21-15)14-7-5-13(10-20)6-8-14/h3-9,25H,11H2,1-2H3,(H,23,26). The summed E-state index contributed by atoms with van der Waals surface area (Å²) in [5, 5.41) is 19.6. The molecule has 0 fully saturated rings. The second-order valence-electron chi connectivity index (χ2n) is 6.32. The van der Waals surface area contributed by atoms with Crippen molar-refractivity contribution in [1.29, 1.82) is 5.26 Å². The van der Waals surface area contributed by atoms with Crippen LogP contribution in [-0.4, -0.2) is 35.7 Å². The monoisotopic (exact) mass is 443 g/mol. The van der Waals surface area contributed by atoms with Crippen molar-refractivity contribution in [3.8, 4) is 11.8 Å². The normalized spacial score (nSPS) is 11.0. The van der Waals surface area contributed by atoms with Gasteiger partial charge in [-0.3, -0.25) is 9.78 Å². The number of hydrogen-bond acceptors (Lipinski definition) is 9. The second kappa shape index (κ2) is 8.48. The van der Waals surface area contributed by atoms with Crippen LogP contribution in [0.1, 0.15) is 26.6 Å². The number of aryl methyl sites for hydroxylation is 1. The zero-order valence-corrected chi connectivity index (χ0v) is 17.7. The number of nitrogens with zero attached hydrogens (tertiary/aromatic N) is 4. The van der Waals surface area contributed by atoms with Gasteiger partial charge in [-0.2, -0.15) is 5.26 Å². The third kappa shape index (κ3) is 4.91. The number of aromatic hydroxyl groups is 1. The molecule has 0 unspecified atom stereocenters. The molecule has 3 rings (SSSR count). The fraction of sp³-hybridized carbons (Fsp3) is 0.158. The topological polar surface area (TPSA) is 136 Å². The van der Waals surface area contributed by atoms with E-state index in [0.717, 1.165) is 6.26 Å². The number of nitriles is 1. The predicted octanol–water partition coefficient (Wildman–Crippen LogP) is 2.45. The molecule has 0 aliphatic heterocycles. The highest BCUT2D eigenvalue weighted by Crippen LogP contribution is 2.34. The second-order valence-corrected chi connectivity index (χ2v) is 9.25. The zero-order valence-electron chi connectivity index (χ0n) is 16.0. The summed E-state index contributed by atoms with van der Waals surface area (Å²) in [5.74, 6) is -0.822. The summed E-state index contributed by atoms with van der Waals surface area (Å²) in [7, 11) is -3.74. The molecule has 3 aromatic rings. The van der Waals surface area contributed by atoms with Gasteiger partial charge in [-0.15, -0.1) is 11.3 Å². The summed E-state index contributed by atoms with van der Waals surface area (Å²) in [6.45, 7) is 1.80. The van der Waals surface area contributed by atoms with E-state index in [1.807, 2.05) is 10.8 Å². The molecule has 1 amide bonds. The highest BCUT2D eigenvalue weighted by Gasteiger charge is 2.23. The summed E-state index contributed by atoms with van der Waals surface area (Å²) >= 11 is 1.19. The largest absolute Gasteiger partial charge is 0.506 e. The summed E-state index contributed by atoms with van der Waals surface area (Å²) < 4.78 is 24.7. The molecule has 9 nitrogen and oxygen atoms in total. The molecule has 0 saturated heterocycles. The van der Waals surface area contributed by atoms with E-state index in [4.69, 9.17) is 5.26 Å². The number of pyridine rings is 1. The Morgan fingerprint density at radius 1 is 1.30 bits per heavy atom. The Morgan fingerprint density at radius 2 is 2.00 bits per heavy atom. The number of rotatable bonds is 6. The van der Waals surface area contributed by atoms with Gasteiger partial charge < -0.3 is 10.0 Å². The number of carbonyl (C=O) groups excluding carboxylic acids is 1. The summed E-state index contributed by atoms with van der Waals surface area (Å²) in [5.41, 5.74) is 1.51. The van der Waals surface area contributed by atoms with Gasteiger partial charge in [-0.05, 0) is 43.3 Å². The van der Waals surface area contributed by atoms with Gasteiger partial charge in [0.2, 0.25) is 10.0 Å². The first-order chi connectivity index (χ1) is 14.2. The van der Waals surface area contributed by atoms with Crippen LogP contribution in [0.3, 0.4) is 0 Å². The van der Waals surface area contributed by atoms with Crippen molar-refractivity contribution >= 4 is 38.1 Å². The predicted molar refractivity (Wildman–Crippen MR) is 112 cm³/mol. The van der Waals surface area contributed by atoms with Crippen molar-refractivity contribution in [3.05, 3.63) is 64.4 Å². The van der Waals surface area contributed by atoms with Gasteiger partial charge >= 0.3 is 0 Å². The molecule has 2 heterocycles. The number of thiazole rings is 1. The maximum absolute atomic E-state index is 12.3. The molecule has 11 heteroatoms. The molecule has 0 spiro atoms. The van der Waals surface area contributed by atoms with Gasteiger partial charge in [0.1, 0.15) is 17.1 Å². The molecule has 30 heavy (non-hydrogen) atoms. The van der Waals surface area contributed by atoms with E-state index >= 15 is 0 Å². The van der Waals surface area contributed by atoms with Gasteiger partial charge in [-0.1, -0.05) is 0 Å². The first-order valence-corrected chi connectivity index (χ1v) is 11.3. The molecule has 0 aliphatic rings. The van der Waals surface area contributed by atoms with Crippen molar-refractivity contribution in [2.75, 3.05) is 11.2 Å². The van der Waals surface area contributed by atoms with E-state index < -0.39 is 15.9 Å². The average molecular weight is 444 g/mol. The minimum absolute atomic E-state index is 0.000494. The third-order valence-electron chi connectivity index (χ3n) is 3.99. The van der Waals surface area contributed by atoms with E-state index in [2.05, 4.69) is 9.97 Å². The van der Waals surface area contributed by atoms with E-state index in [9.17, 15) is 18.3 Å². The number of aromatic nitrogens is 2. The molecule has 0 bridgehead atoms. The Kier molecular flexibility index (Phi) is 6.00. The van der Waals surface area contributed by atoms with Crippen molar-refractivity contribution < 1.29 is 18.3 Å². The maximum atomic E-state index is 12.3. The van der Waals surface area contributed by atoms with Crippen LogP contribution in [0.2, 0.25) is 0 Å². The smallest absolute Gasteiger partial charge is 0.284 e. The van der Waals surface area contributed by atoms with Crippen molar-refractivity contribution in [3.63, 3.8) is 0 Å². The average Bonchev–Trinajstić information content (AvgIpc) is 3.08. The fourth-order valence-corrected chi connectivity index (χ4v) is 3.97. The Labute approximate surface area is 177 Å². The number of anilines is 2. The van der Waals surface area contributed by atoms with Crippen LogP contribution in [0, 0.1) is 18.3 Å². The number of amides is 1. The number of hydrogen-bond donors (Lipinski definition) is 2. The van der Waals surface area contributed by atoms with Gasteiger partial charge in [0.25, 0.3) is 5.91 Å². The van der Waals surface area contributed by atoms with Crippen molar-refractivity contribution in [1.82, 2.24) is 14.7 Å². The third-order valence-corrected chi connectivity index (χ3v) is 5.54. The minimum atomic E-state index is -3.74. The highest BCUT2D eigenvalue weighted by atomic mass is 32.2. The van der Waals surface area contributed by atoms with Crippen LogP contribution in [-0.2, 0) is 16.6 Å². The van der Waals surface area contributed by atoms with Gasteiger partial charge in [0.05, 0.1) is 24.4 Å². The maximum Gasteiger partial charge on any atom is 0.284 e. The van der Waals surface area contributed by atoms with Crippen molar-refractivity contribution in [2.45, 2.75) is 13.5 Å². The lowest BCUT2D eigenvalue weighted by atomic mass is 10.2. The van der Waals surface area contributed by atoms with Gasteiger partial charge in [-0.25, -0.2) is 18.1 Å². The molecule has 0 radical (unpaired) electrons. The minimum Gasteiger partial charge on any atom is -0.506 e. The Hall–Kier alpha value is -3.49. The number of sulfonamides is 1. The van der Waals surface area contributed by atoms with Crippen LogP contribution >= 0.6 is 11.3 Å². The molecule has 0 atom stereocenters. The Bertz CT molecular complexity index is 1230. The lowest BCUT2D eigenvalue weighted by Crippen LogP contribution is -2.30. The quantitative estimate of drug-likeness (QED) is 0.593. The molecule has 154 valence electrons. The van der Waals surface area contributed by atoms with Crippen molar-refractivity contribution in [2.24, 2.45) is 0 Å². The van der Waals surface area contributed by atoms with Crippen LogP contribution in [0.15, 0.2) is 42.6 Å². The summed E-state index contributed by atoms with van der Waals surface area (Å²) in [6.07, 6.45) is 2.44. The molecule has 0 aliphatic carbocycles. The van der Waals surface area contributed by atoms with Gasteiger partial charge in [0.15, 0.2) is 5.13 Å². The molecule has 2 aromatic heterocycles. The van der Waals surface area contributed by atoms with Crippen LogP contribution in [0.25, 0.3) is 0 Å². The lowest BCUT2D eigenvalue weighted by molar-refractivity contribution is 0.0977. The molecule has 2 N–H and O–H groups in total. The van der Waals surface area contributed by atoms with E-state index in [0.29, 0.717) is 27.0 Å². The van der Waals surface area contributed by atoms with E-state index in [1.54, 1.807) is 48.4 Å². The number of benzene rings is 1. The zero-order chi connectivity index (χ0) is 21.9. The van der Waals surface area contributed by atoms with Crippen LogP contribution in [0.4, 0.5) is 10.8 Å². The molecular formula is C19H17N5O4S2. The first kappa shape index (κ1) is 21.2. The van der Waals surface area contributed by atoms with Crippen LogP contribution in [0.5, 0.6) is 5.75 Å². The lowest BCUT2D eigenvalue weighted by Gasteiger charge is -2.22.